The van der Waals surface area contributed by atoms with Crippen LogP contribution in [0.5, 0.6) is 0 Å². The van der Waals surface area contributed by atoms with Crippen molar-refractivity contribution in [1.82, 2.24) is 19.6 Å². The average Bonchev–Trinajstić information content (AvgIpc) is 3.24. The molecule has 0 unspecified atom stereocenters. The molecule has 3 aromatic rings. The van der Waals surface area contributed by atoms with E-state index < -0.39 is 0 Å². The molecule has 0 radical (unpaired) electrons. The van der Waals surface area contributed by atoms with Gasteiger partial charge in [-0.25, -0.2) is 4.98 Å². The van der Waals surface area contributed by atoms with Gasteiger partial charge in [-0.05, 0) is 24.8 Å². The molecule has 1 aliphatic heterocycles. The van der Waals surface area contributed by atoms with Crippen molar-refractivity contribution in [3.8, 4) is 0 Å². The number of hydrogen-bond acceptors (Lipinski definition) is 5. The Balaban J connectivity index is 1.44. The third-order valence-corrected chi connectivity index (χ3v) is 6.25. The van der Waals surface area contributed by atoms with Crippen LogP contribution in [0.4, 0.5) is 0 Å². The number of carbonyl (C=O) groups excluding carboxylic acids is 2. The van der Waals surface area contributed by atoms with Crippen molar-refractivity contribution in [1.29, 1.82) is 0 Å². The fourth-order valence-electron chi connectivity index (χ4n) is 3.14. The molecule has 4 rings (SSSR count). The van der Waals surface area contributed by atoms with Crippen LogP contribution >= 0.6 is 22.7 Å². The van der Waals surface area contributed by atoms with Gasteiger partial charge in [0.1, 0.15) is 4.83 Å². The van der Waals surface area contributed by atoms with Gasteiger partial charge in [-0.15, -0.1) is 22.7 Å². The highest BCUT2D eigenvalue weighted by Gasteiger charge is 2.25. The normalized spacial score (nSPS) is 16.1. The number of likely N-dealkylation sites (tertiary alicyclic amines) is 1. The molecule has 0 bridgehead atoms. The second-order valence-corrected chi connectivity index (χ2v) is 8.04. The van der Waals surface area contributed by atoms with E-state index in [2.05, 4.69) is 10.3 Å². The minimum absolute atomic E-state index is 0.00987. The largest absolute Gasteiger partial charge is 0.356 e. The molecular weight excluding hydrogens is 344 g/mol. The van der Waals surface area contributed by atoms with Crippen LogP contribution in [0.15, 0.2) is 17.6 Å². The summed E-state index contributed by atoms with van der Waals surface area (Å²) in [7, 11) is 0. The Kier molecular flexibility index (Phi) is 4.01. The van der Waals surface area contributed by atoms with E-state index in [0.29, 0.717) is 12.5 Å². The first-order chi connectivity index (χ1) is 11.6. The van der Waals surface area contributed by atoms with E-state index >= 15 is 0 Å². The molecule has 0 atom stereocenters. The molecule has 1 fully saturated rings. The number of thiophene rings is 1. The van der Waals surface area contributed by atoms with Crippen LogP contribution in [0.2, 0.25) is 0 Å². The Labute approximate surface area is 147 Å². The smallest absolute Gasteiger partial charge is 0.264 e. The topological polar surface area (TPSA) is 66.7 Å². The van der Waals surface area contributed by atoms with Gasteiger partial charge in [0.15, 0.2) is 4.96 Å². The Morgan fingerprint density at radius 1 is 1.38 bits per heavy atom. The van der Waals surface area contributed by atoms with Crippen LogP contribution in [-0.4, -0.2) is 45.7 Å². The van der Waals surface area contributed by atoms with E-state index in [1.54, 1.807) is 11.3 Å². The SMILES string of the molecule is CC(=O)NCC1CCN(C(=O)c2cc3c(nc4sccn43)s2)CC1. The lowest BCUT2D eigenvalue weighted by atomic mass is 9.96. The summed E-state index contributed by atoms with van der Waals surface area (Å²) in [6.07, 6.45) is 3.86. The van der Waals surface area contributed by atoms with Gasteiger partial charge in [-0.3, -0.25) is 14.0 Å². The van der Waals surface area contributed by atoms with Gasteiger partial charge in [-0.1, -0.05) is 0 Å². The quantitative estimate of drug-likeness (QED) is 0.779. The molecule has 8 heteroatoms. The predicted molar refractivity (Wildman–Crippen MR) is 95.8 cm³/mol. The summed E-state index contributed by atoms with van der Waals surface area (Å²) < 4.78 is 2.03. The third kappa shape index (κ3) is 2.80. The van der Waals surface area contributed by atoms with Gasteiger partial charge in [0.2, 0.25) is 5.91 Å². The van der Waals surface area contributed by atoms with Crippen molar-refractivity contribution in [2.24, 2.45) is 5.92 Å². The van der Waals surface area contributed by atoms with E-state index in [1.807, 2.05) is 26.9 Å². The number of rotatable bonds is 3. The zero-order valence-electron chi connectivity index (χ0n) is 13.3. The fraction of sp³-hybridized carbons (Fsp3) is 0.438. The van der Waals surface area contributed by atoms with E-state index in [-0.39, 0.29) is 11.8 Å². The summed E-state index contributed by atoms with van der Waals surface area (Å²) in [5.74, 6) is 0.570. The molecule has 1 aliphatic rings. The number of aromatic nitrogens is 2. The maximum atomic E-state index is 12.7. The first-order valence-electron chi connectivity index (χ1n) is 8.00. The van der Waals surface area contributed by atoms with Crippen molar-refractivity contribution >= 4 is 49.8 Å². The number of nitrogens with one attached hydrogen (secondary N) is 1. The van der Waals surface area contributed by atoms with Crippen molar-refractivity contribution in [3.05, 3.63) is 22.5 Å². The summed E-state index contributed by atoms with van der Waals surface area (Å²) in [4.78, 5) is 32.9. The van der Waals surface area contributed by atoms with Crippen molar-refractivity contribution < 1.29 is 9.59 Å². The van der Waals surface area contributed by atoms with E-state index in [1.165, 1.54) is 18.3 Å². The third-order valence-electron chi connectivity index (χ3n) is 4.49. The van der Waals surface area contributed by atoms with E-state index in [4.69, 9.17) is 0 Å². The predicted octanol–water partition coefficient (Wildman–Crippen LogP) is 2.60. The highest BCUT2D eigenvalue weighted by atomic mass is 32.1. The summed E-state index contributed by atoms with van der Waals surface area (Å²) >= 11 is 3.07. The molecule has 1 N–H and O–H groups in total. The number of fused-ring (bicyclic) bond motifs is 3. The molecule has 3 aromatic heterocycles. The molecule has 0 saturated carbocycles. The molecule has 24 heavy (non-hydrogen) atoms. The molecule has 126 valence electrons. The Bertz CT molecular complexity index is 902. The Morgan fingerprint density at radius 2 is 2.17 bits per heavy atom. The average molecular weight is 362 g/mol. The summed E-state index contributed by atoms with van der Waals surface area (Å²) in [6, 6.07) is 1.96. The van der Waals surface area contributed by atoms with Crippen molar-refractivity contribution in [2.45, 2.75) is 19.8 Å². The number of carbonyl (C=O) groups is 2. The Morgan fingerprint density at radius 3 is 2.92 bits per heavy atom. The number of amides is 2. The van der Waals surface area contributed by atoms with Crippen LogP contribution < -0.4 is 5.32 Å². The standard InChI is InChI=1S/C16H18N4O2S2/c1-10(21)17-9-11-2-4-19(5-3-11)15(22)13-8-12-14(24-13)18-16-20(12)6-7-23-16/h6-8,11H,2-5,9H2,1H3,(H,17,21). The summed E-state index contributed by atoms with van der Waals surface area (Å²) in [5, 5.41) is 4.87. The number of nitrogens with zero attached hydrogens (tertiary/aromatic N) is 3. The van der Waals surface area contributed by atoms with Gasteiger partial charge in [0.25, 0.3) is 5.91 Å². The second kappa shape index (κ2) is 6.18. The van der Waals surface area contributed by atoms with Gasteiger partial charge >= 0.3 is 0 Å². The van der Waals surface area contributed by atoms with E-state index in [0.717, 1.165) is 46.1 Å². The molecule has 6 nitrogen and oxygen atoms in total. The summed E-state index contributed by atoms with van der Waals surface area (Å²) in [5.41, 5.74) is 1.01. The maximum Gasteiger partial charge on any atom is 0.264 e. The molecule has 0 aromatic carbocycles. The minimum atomic E-state index is 0.00987. The zero-order valence-corrected chi connectivity index (χ0v) is 15.0. The van der Waals surface area contributed by atoms with Crippen molar-refractivity contribution in [3.63, 3.8) is 0 Å². The lowest BCUT2D eigenvalue weighted by molar-refractivity contribution is -0.119. The van der Waals surface area contributed by atoms with E-state index in [9.17, 15) is 9.59 Å². The number of thiazole rings is 1. The second-order valence-electron chi connectivity index (χ2n) is 6.14. The van der Waals surface area contributed by atoms with Crippen LogP contribution in [0.25, 0.3) is 15.3 Å². The molecule has 1 saturated heterocycles. The van der Waals surface area contributed by atoms with Gasteiger partial charge in [0, 0.05) is 38.1 Å². The molecular formula is C16H18N4O2S2. The van der Waals surface area contributed by atoms with Gasteiger partial charge in [0.05, 0.1) is 10.4 Å². The number of piperidine rings is 1. The van der Waals surface area contributed by atoms with Crippen LogP contribution in [0, 0.1) is 5.92 Å². The van der Waals surface area contributed by atoms with Gasteiger partial charge < -0.3 is 10.2 Å². The van der Waals surface area contributed by atoms with Gasteiger partial charge in [-0.2, -0.15) is 0 Å². The number of hydrogen-bond donors (Lipinski definition) is 1. The first kappa shape index (κ1) is 15.6. The lowest BCUT2D eigenvalue weighted by Crippen LogP contribution is -2.41. The monoisotopic (exact) mass is 362 g/mol. The zero-order chi connectivity index (χ0) is 16.7. The molecule has 2 amide bonds. The minimum Gasteiger partial charge on any atom is -0.356 e. The van der Waals surface area contributed by atoms with Crippen LogP contribution in [0.3, 0.4) is 0 Å². The van der Waals surface area contributed by atoms with Crippen LogP contribution in [0.1, 0.15) is 29.4 Å². The molecule has 4 heterocycles. The van der Waals surface area contributed by atoms with Crippen molar-refractivity contribution in [2.75, 3.05) is 19.6 Å². The first-order valence-corrected chi connectivity index (χ1v) is 9.70. The van der Waals surface area contributed by atoms with Crippen LogP contribution in [-0.2, 0) is 4.79 Å². The maximum absolute atomic E-state index is 12.7. The Hall–Kier alpha value is -1.93. The summed E-state index contributed by atoms with van der Waals surface area (Å²) in [6.45, 7) is 3.75. The molecule has 0 aliphatic carbocycles. The number of imidazole rings is 1. The fourth-order valence-corrected chi connectivity index (χ4v) is 4.91. The molecule has 0 spiro atoms. The lowest BCUT2D eigenvalue weighted by Gasteiger charge is -2.31. The highest BCUT2D eigenvalue weighted by Crippen LogP contribution is 2.29. The highest BCUT2D eigenvalue weighted by molar-refractivity contribution is 7.21.